The molecular formula is C29H38N8O4. The van der Waals surface area contributed by atoms with E-state index in [-0.39, 0.29) is 30.2 Å². The molecule has 0 saturated carbocycles. The van der Waals surface area contributed by atoms with Crippen molar-refractivity contribution in [3.05, 3.63) is 59.9 Å². The number of likely N-dealkylation sites (tertiary alicyclic amines) is 1. The summed E-state index contributed by atoms with van der Waals surface area (Å²) in [5.41, 5.74) is 2.77. The van der Waals surface area contributed by atoms with Gasteiger partial charge in [-0.15, -0.1) is 0 Å². The molecule has 0 unspecified atom stereocenters. The van der Waals surface area contributed by atoms with E-state index in [1.807, 2.05) is 44.2 Å². The van der Waals surface area contributed by atoms with Crippen LogP contribution in [-0.4, -0.2) is 91.4 Å². The smallest absolute Gasteiger partial charge is 0.244 e. The van der Waals surface area contributed by atoms with Crippen LogP contribution in [0.15, 0.2) is 43.0 Å². The van der Waals surface area contributed by atoms with Crippen molar-refractivity contribution >= 4 is 17.7 Å². The van der Waals surface area contributed by atoms with Gasteiger partial charge < -0.3 is 19.9 Å². The van der Waals surface area contributed by atoms with Crippen molar-refractivity contribution in [3.8, 4) is 5.75 Å². The molecule has 1 fully saturated rings. The summed E-state index contributed by atoms with van der Waals surface area (Å²) in [5, 5.41) is 11.6. The first kappa shape index (κ1) is 28.3. The second-order valence-corrected chi connectivity index (χ2v) is 10.8. The van der Waals surface area contributed by atoms with E-state index in [0.717, 1.165) is 22.7 Å². The quantitative estimate of drug-likeness (QED) is 0.483. The average Bonchev–Trinajstić information content (AvgIpc) is 3.70. The summed E-state index contributed by atoms with van der Waals surface area (Å²) in [4.78, 5) is 47.3. The van der Waals surface area contributed by atoms with Gasteiger partial charge in [-0.2, -0.15) is 10.2 Å². The number of hydrogen-bond donors (Lipinski definition) is 1. The normalized spacial score (nSPS) is 19.7. The highest BCUT2D eigenvalue weighted by atomic mass is 16.5. The molecule has 1 N–H and O–H groups in total. The zero-order valence-electron chi connectivity index (χ0n) is 23.7. The Bertz CT molecular complexity index is 1350. The highest BCUT2D eigenvalue weighted by molar-refractivity contribution is 5.83. The molecule has 2 atom stereocenters. The molecule has 0 spiro atoms. The van der Waals surface area contributed by atoms with Gasteiger partial charge in [-0.05, 0) is 50.5 Å². The summed E-state index contributed by atoms with van der Waals surface area (Å²) in [6.07, 6.45) is 4.83. The molecule has 0 radical (unpaired) electrons. The molecule has 2 aliphatic heterocycles. The van der Waals surface area contributed by atoms with Gasteiger partial charge in [0.05, 0.1) is 18.2 Å². The Labute approximate surface area is 239 Å². The lowest BCUT2D eigenvalue weighted by Gasteiger charge is -2.25. The van der Waals surface area contributed by atoms with Crippen LogP contribution >= 0.6 is 0 Å². The Balaban J connectivity index is 1.27. The largest absolute Gasteiger partial charge is 0.494 e. The van der Waals surface area contributed by atoms with E-state index in [0.29, 0.717) is 65.1 Å². The number of carbonyl (C=O) groups excluding carboxylic acids is 3. The number of fused-ring (bicyclic) bond motifs is 4. The molecule has 218 valence electrons. The lowest BCUT2D eigenvalue weighted by Crippen LogP contribution is -2.42. The van der Waals surface area contributed by atoms with Gasteiger partial charge in [0, 0.05) is 57.3 Å². The van der Waals surface area contributed by atoms with Gasteiger partial charge in [-0.3, -0.25) is 23.7 Å². The first-order chi connectivity index (χ1) is 19.9. The third-order valence-electron chi connectivity index (χ3n) is 7.80. The maximum Gasteiger partial charge on any atom is 0.244 e. The van der Waals surface area contributed by atoms with Crippen LogP contribution in [-0.2, 0) is 27.5 Å². The topological polar surface area (TPSA) is 127 Å². The Kier molecular flexibility index (Phi) is 8.95. The number of hydrogen-bond acceptors (Lipinski definition) is 7. The summed E-state index contributed by atoms with van der Waals surface area (Å²) in [6.45, 7) is 7.12. The van der Waals surface area contributed by atoms with E-state index in [1.54, 1.807) is 25.5 Å². The van der Waals surface area contributed by atoms with Crippen molar-refractivity contribution in [2.24, 2.45) is 5.92 Å². The van der Waals surface area contributed by atoms with Crippen molar-refractivity contribution in [3.63, 3.8) is 0 Å². The van der Waals surface area contributed by atoms with Gasteiger partial charge in [-0.25, -0.2) is 4.98 Å². The molecule has 4 heterocycles. The Hall–Kier alpha value is -4.22. The molecule has 3 amide bonds. The van der Waals surface area contributed by atoms with Gasteiger partial charge in [0.1, 0.15) is 24.9 Å². The summed E-state index contributed by atoms with van der Waals surface area (Å²) in [6, 6.07) is 9.74. The van der Waals surface area contributed by atoms with Crippen LogP contribution in [0, 0.1) is 19.8 Å². The first-order valence-electron chi connectivity index (χ1n) is 14.3. The standard InChI is InChI=1S/C29H38N8O4/c1-21-14-22(2)37(33-21)18-28(39)35-16-25-23-6-3-7-24(15-23)41-13-5-10-34(12-9-31-29(40)26(25)17-35)27(38)8-4-11-36-20-30-19-32-36/h3,6-7,14-15,19-20,25-26H,4-5,8-13,16-18H2,1-2H3,(H,31,40)/t25-,26+/m1/s1. The lowest BCUT2D eigenvalue weighted by molar-refractivity contribution is -0.133. The maximum absolute atomic E-state index is 13.5. The van der Waals surface area contributed by atoms with E-state index in [1.165, 1.54) is 6.33 Å². The van der Waals surface area contributed by atoms with Crippen LogP contribution in [0.25, 0.3) is 0 Å². The monoisotopic (exact) mass is 562 g/mol. The number of ether oxygens (including phenoxy) is 1. The molecular weight excluding hydrogens is 524 g/mol. The van der Waals surface area contributed by atoms with Crippen molar-refractivity contribution in [1.29, 1.82) is 0 Å². The Morgan fingerprint density at radius 2 is 1.93 bits per heavy atom. The summed E-state index contributed by atoms with van der Waals surface area (Å²) in [5.74, 6) is -0.00216. The Morgan fingerprint density at radius 1 is 1.07 bits per heavy atom. The fraction of sp³-hybridized carbons (Fsp3) is 0.517. The molecule has 12 nitrogen and oxygen atoms in total. The average molecular weight is 563 g/mol. The number of aromatic nitrogens is 5. The minimum Gasteiger partial charge on any atom is -0.494 e. The third kappa shape index (κ3) is 7.11. The van der Waals surface area contributed by atoms with Crippen LogP contribution in [0.4, 0.5) is 0 Å². The van der Waals surface area contributed by atoms with Crippen LogP contribution in [0.3, 0.4) is 0 Å². The maximum atomic E-state index is 13.5. The van der Waals surface area contributed by atoms with Crippen LogP contribution in [0.5, 0.6) is 5.75 Å². The molecule has 0 aliphatic carbocycles. The van der Waals surface area contributed by atoms with E-state index < -0.39 is 5.92 Å². The highest BCUT2D eigenvalue weighted by Gasteiger charge is 2.40. The number of amides is 3. The fourth-order valence-corrected chi connectivity index (χ4v) is 5.66. The first-order valence-corrected chi connectivity index (χ1v) is 14.3. The number of nitrogens with one attached hydrogen (secondary N) is 1. The molecule has 3 aromatic rings. The van der Waals surface area contributed by atoms with Crippen LogP contribution < -0.4 is 10.1 Å². The SMILES string of the molecule is Cc1cc(C)n(CC(=O)N2C[C@@H]3C(=O)NCCN(C(=O)CCCn4cncn4)CCCOc4cccc(c4)[C@H]3C2)n1. The van der Waals surface area contributed by atoms with Gasteiger partial charge in [0.2, 0.25) is 17.7 Å². The number of benzene rings is 1. The van der Waals surface area contributed by atoms with E-state index in [9.17, 15) is 14.4 Å². The van der Waals surface area contributed by atoms with Crippen LogP contribution in [0.1, 0.15) is 42.1 Å². The molecule has 5 rings (SSSR count). The molecule has 12 heteroatoms. The van der Waals surface area contributed by atoms with Gasteiger partial charge >= 0.3 is 0 Å². The molecule has 1 saturated heterocycles. The number of carbonyl (C=O) groups is 3. The van der Waals surface area contributed by atoms with Gasteiger partial charge in [-0.1, -0.05) is 12.1 Å². The van der Waals surface area contributed by atoms with Crippen molar-refractivity contribution in [1.82, 2.24) is 39.7 Å². The second-order valence-electron chi connectivity index (χ2n) is 10.8. The minimum atomic E-state index is -0.413. The molecule has 2 aliphatic rings. The second kappa shape index (κ2) is 13.0. The predicted octanol–water partition coefficient (Wildman–Crippen LogP) is 1.54. The fourth-order valence-electron chi connectivity index (χ4n) is 5.66. The lowest BCUT2D eigenvalue weighted by atomic mass is 9.88. The molecule has 2 aromatic heterocycles. The number of nitrogens with zero attached hydrogens (tertiary/aromatic N) is 7. The molecule has 1 aromatic carbocycles. The van der Waals surface area contributed by atoms with E-state index in [4.69, 9.17) is 4.74 Å². The molecule has 2 bridgehead atoms. The van der Waals surface area contributed by atoms with Crippen molar-refractivity contribution in [2.45, 2.75) is 52.1 Å². The summed E-state index contributed by atoms with van der Waals surface area (Å²) >= 11 is 0. The van der Waals surface area contributed by atoms with Gasteiger partial charge in [0.25, 0.3) is 0 Å². The van der Waals surface area contributed by atoms with E-state index in [2.05, 4.69) is 20.5 Å². The Morgan fingerprint density at radius 3 is 2.71 bits per heavy atom. The summed E-state index contributed by atoms with van der Waals surface area (Å²) < 4.78 is 9.46. The number of aryl methyl sites for hydroxylation is 3. The number of rotatable bonds is 6. The highest BCUT2D eigenvalue weighted by Crippen LogP contribution is 2.35. The zero-order valence-corrected chi connectivity index (χ0v) is 23.7. The summed E-state index contributed by atoms with van der Waals surface area (Å²) in [7, 11) is 0. The van der Waals surface area contributed by atoms with Crippen molar-refractivity contribution < 1.29 is 19.1 Å². The zero-order chi connectivity index (χ0) is 28.8. The van der Waals surface area contributed by atoms with Gasteiger partial charge in [0.15, 0.2) is 0 Å². The minimum absolute atomic E-state index is 0.0353. The van der Waals surface area contributed by atoms with Crippen LogP contribution in [0.2, 0.25) is 0 Å². The third-order valence-corrected chi connectivity index (χ3v) is 7.80. The molecule has 41 heavy (non-hydrogen) atoms. The van der Waals surface area contributed by atoms with Crippen molar-refractivity contribution in [2.75, 3.05) is 39.3 Å². The predicted molar refractivity (Wildman–Crippen MR) is 150 cm³/mol. The van der Waals surface area contributed by atoms with E-state index >= 15 is 0 Å².